The fourth-order valence-electron chi connectivity index (χ4n) is 4.02. The molecule has 0 aromatic carbocycles. The van der Waals surface area contributed by atoms with Crippen molar-refractivity contribution in [3.63, 3.8) is 0 Å². The first-order chi connectivity index (χ1) is 7.06. The van der Waals surface area contributed by atoms with Crippen LogP contribution in [0.3, 0.4) is 0 Å². The molecule has 0 aliphatic heterocycles. The molecule has 2 aliphatic carbocycles. The Hall–Kier alpha value is 0. The SMILES string of the molecule is CC1CCC(C)C2(CCC1C)CCC2C. The summed E-state index contributed by atoms with van der Waals surface area (Å²) in [4.78, 5) is 0. The Bertz CT molecular complexity index is 220. The summed E-state index contributed by atoms with van der Waals surface area (Å²) in [5.74, 6) is 3.91. The third-order valence-corrected chi connectivity index (χ3v) is 6.10. The van der Waals surface area contributed by atoms with E-state index < -0.39 is 0 Å². The molecular weight excluding hydrogens is 180 g/mol. The molecule has 15 heavy (non-hydrogen) atoms. The summed E-state index contributed by atoms with van der Waals surface area (Å²) in [6.07, 6.45) is 8.97. The fourth-order valence-corrected chi connectivity index (χ4v) is 4.02. The van der Waals surface area contributed by atoms with Gasteiger partial charge in [-0.15, -0.1) is 0 Å². The molecule has 0 N–H and O–H groups in total. The average Bonchev–Trinajstić information content (AvgIpc) is 2.22. The maximum absolute atomic E-state index is 2.53. The van der Waals surface area contributed by atoms with Gasteiger partial charge in [0.1, 0.15) is 0 Å². The summed E-state index contributed by atoms with van der Waals surface area (Å²) in [5.41, 5.74) is 0.758. The second-order valence-electron chi connectivity index (χ2n) is 6.64. The molecule has 0 heteroatoms. The van der Waals surface area contributed by atoms with Crippen molar-refractivity contribution in [3.8, 4) is 0 Å². The molecule has 0 aromatic heterocycles. The maximum Gasteiger partial charge on any atom is -0.0246 e. The molecule has 0 bridgehead atoms. The summed E-state index contributed by atoms with van der Waals surface area (Å²) >= 11 is 0. The van der Waals surface area contributed by atoms with Gasteiger partial charge in [-0.2, -0.15) is 0 Å². The number of hydrogen-bond acceptors (Lipinski definition) is 0. The van der Waals surface area contributed by atoms with Crippen molar-refractivity contribution in [2.45, 2.75) is 66.2 Å². The molecule has 5 atom stereocenters. The zero-order valence-corrected chi connectivity index (χ0v) is 11.1. The van der Waals surface area contributed by atoms with Gasteiger partial charge in [-0.1, -0.05) is 34.1 Å². The van der Waals surface area contributed by atoms with Crippen molar-refractivity contribution >= 4 is 0 Å². The summed E-state index contributed by atoms with van der Waals surface area (Å²) in [6, 6.07) is 0. The van der Waals surface area contributed by atoms with Gasteiger partial charge in [0.05, 0.1) is 0 Å². The lowest BCUT2D eigenvalue weighted by molar-refractivity contribution is -0.0434. The Morgan fingerprint density at radius 3 is 1.73 bits per heavy atom. The van der Waals surface area contributed by atoms with Gasteiger partial charge in [0.25, 0.3) is 0 Å². The molecule has 1 spiro atoms. The maximum atomic E-state index is 2.53. The quantitative estimate of drug-likeness (QED) is 0.532. The van der Waals surface area contributed by atoms with Crippen LogP contribution in [0.15, 0.2) is 0 Å². The summed E-state index contributed by atoms with van der Waals surface area (Å²) in [6.45, 7) is 9.95. The van der Waals surface area contributed by atoms with Gasteiger partial charge < -0.3 is 0 Å². The molecular formula is C15H28. The largest absolute Gasteiger partial charge is 0.0623 e. The molecule has 88 valence electrons. The minimum atomic E-state index is 0.758. The van der Waals surface area contributed by atoms with Crippen LogP contribution in [0, 0.1) is 29.1 Å². The highest BCUT2D eigenvalue weighted by Crippen LogP contribution is 2.57. The van der Waals surface area contributed by atoms with E-state index in [2.05, 4.69) is 27.7 Å². The monoisotopic (exact) mass is 208 g/mol. The van der Waals surface area contributed by atoms with Crippen LogP contribution in [0.1, 0.15) is 66.2 Å². The summed E-state index contributed by atoms with van der Waals surface area (Å²) in [5, 5.41) is 0. The first kappa shape index (κ1) is 11.5. The van der Waals surface area contributed by atoms with Crippen LogP contribution in [0.4, 0.5) is 0 Å². The molecule has 2 aliphatic rings. The molecule has 2 fully saturated rings. The normalized spacial score (nSPS) is 52.0. The minimum Gasteiger partial charge on any atom is -0.0623 e. The molecule has 0 amide bonds. The molecule has 0 radical (unpaired) electrons. The van der Waals surface area contributed by atoms with Gasteiger partial charge in [0.15, 0.2) is 0 Å². The van der Waals surface area contributed by atoms with Crippen molar-refractivity contribution in [1.82, 2.24) is 0 Å². The van der Waals surface area contributed by atoms with E-state index in [0.717, 1.165) is 29.1 Å². The Balaban J connectivity index is 2.06. The molecule has 0 nitrogen and oxygen atoms in total. The van der Waals surface area contributed by atoms with E-state index in [9.17, 15) is 0 Å². The van der Waals surface area contributed by atoms with Crippen LogP contribution in [-0.4, -0.2) is 0 Å². The lowest BCUT2D eigenvalue weighted by atomic mass is 9.51. The molecule has 2 rings (SSSR count). The highest BCUT2D eigenvalue weighted by Gasteiger charge is 2.47. The van der Waals surface area contributed by atoms with Gasteiger partial charge in [-0.05, 0) is 61.2 Å². The zero-order chi connectivity index (χ0) is 11.1. The van der Waals surface area contributed by atoms with Gasteiger partial charge in [0, 0.05) is 0 Å². The van der Waals surface area contributed by atoms with E-state index in [-0.39, 0.29) is 0 Å². The average molecular weight is 208 g/mol. The third kappa shape index (κ3) is 1.85. The van der Waals surface area contributed by atoms with Crippen molar-refractivity contribution in [1.29, 1.82) is 0 Å². The smallest absolute Gasteiger partial charge is 0.0246 e. The Morgan fingerprint density at radius 1 is 0.667 bits per heavy atom. The molecule has 5 unspecified atom stereocenters. The first-order valence-electron chi connectivity index (χ1n) is 7.06. The van der Waals surface area contributed by atoms with Gasteiger partial charge in [-0.25, -0.2) is 0 Å². The van der Waals surface area contributed by atoms with Crippen LogP contribution in [0.5, 0.6) is 0 Å². The Morgan fingerprint density at radius 2 is 1.20 bits per heavy atom. The summed E-state index contributed by atoms with van der Waals surface area (Å²) < 4.78 is 0. The lowest BCUT2D eigenvalue weighted by Crippen LogP contribution is -2.45. The lowest BCUT2D eigenvalue weighted by Gasteiger charge is -2.54. The molecule has 0 heterocycles. The highest BCUT2D eigenvalue weighted by molar-refractivity contribution is 4.97. The van der Waals surface area contributed by atoms with Crippen molar-refractivity contribution < 1.29 is 0 Å². The fraction of sp³-hybridized carbons (Fsp3) is 1.00. The van der Waals surface area contributed by atoms with E-state index in [1.54, 1.807) is 0 Å². The van der Waals surface area contributed by atoms with Gasteiger partial charge >= 0.3 is 0 Å². The topological polar surface area (TPSA) is 0 Å². The van der Waals surface area contributed by atoms with Crippen LogP contribution in [0.25, 0.3) is 0 Å². The number of hydrogen-bond donors (Lipinski definition) is 0. The van der Waals surface area contributed by atoms with E-state index in [0.29, 0.717) is 0 Å². The Kier molecular flexibility index (Phi) is 3.14. The second-order valence-corrected chi connectivity index (χ2v) is 6.64. The second kappa shape index (κ2) is 4.11. The van der Waals surface area contributed by atoms with Gasteiger partial charge in [-0.3, -0.25) is 0 Å². The summed E-state index contributed by atoms with van der Waals surface area (Å²) in [7, 11) is 0. The van der Waals surface area contributed by atoms with Crippen molar-refractivity contribution in [2.75, 3.05) is 0 Å². The van der Waals surface area contributed by atoms with Crippen LogP contribution in [-0.2, 0) is 0 Å². The van der Waals surface area contributed by atoms with E-state index in [1.807, 2.05) is 0 Å². The molecule has 2 saturated carbocycles. The van der Waals surface area contributed by atoms with E-state index >= 15 is 0 Å². The standard InChI is InChI=1S/C15H28/c1-11-5-6-13(3)15(9-7-12(11)2)10-8-14(15)4/h11-14H,5-10H2,1-4H3. The van der Waals surface area contributed by atoms with Crippen LogP contribution >= 0.6 is 0 Å². The van der Waals surface area contributed by atoms with E-state index in [4.69, 9.17) is 0 Å². The van der Waals surface area contributed by atoms with Crippen LogP contribution in [0.2, 0.25) is 0 Å². The zero-order valence-electron chi connectivity index (χ0n) is 11.1. The van der Waals surface area contributed by atoms with Gasteiger partial charge in [0.2, 0.25) is 0 Å². The Labute approximate surface area is 95.8 Å². The predicted molar refractivity (Wildman–Crippen MR) is 66.8 cm³/mol. The van der Waals surface area contributed by atoms with Crippen molar-refractivity contribution in [3.05, 3.63) is 0 Å². The van der Waals surface area contributed by atoms with Crippen molar-refractivity contribution in [2.24, 2.45) is 29.1 Å². The third-order valence-electron chi connectivity index (χ3n) is 6.10. The molecule has 0 aromatic rings. The number of rotatable bonds is 0. The highest BCUT2D eigenvalue weighted by atomic mass is 14.5. The molecule has 0 saturated heterocycles. The van der Waals surface area contributed by atoms with E-state index in [1.165, 1.54) is 38.5 Å². The van der Waals surface area contributed by atoms with Crippen LogP contribution < -0.4 is 0 Å². The predicted octanol–water partition coefficient (Wildman–Crippen LogP) is 4.89. The minimum absolute atomic E-state index is 0.758. The first-order valence-corrected chi connectivity index (χ1v) is 7.06.